The lowest BCUT2D eigenvalue weighted by atomic mass is 10.1. The molecule has 0 aliphatic carbocycles. The molecular weight excluding hydrogens is 296 g/mol. The molecule has 7 nitrogen and oxygen atoms in total. The number of hydrogen-bond donors (Lipinski definition) is 2. The molecule has 1 atom stereocenters. The van der Waals surface area contributed by atoms with E-state index in [2.05, 4.69) is 4.72 Å². The summed E-state index contributed by atoms with van der Waals surface area (Å²) in [5.41, 5.74) is 0.201. The van der Waals surface area contributed by atoms with E-state index in [9.17, 15) is 18.5 Å². The number of aliphatic hydroxyl groups is 1. The Hall–Kier alpha value is -1.51. The average Bonchev–Trinajstić information content (AvgIpc) is 2.43. The van der Waals surface area contributed by atoms with Gasteiger partial charge in [0.1, 0.15) is 0 Å². The van der Waals surface area contributed by atoms with Crippen LogP contribution in [0.15, 0.2) is 23.1 Å². The van der Waals surface area contributed by atoms with Crippen molar-refractivity contribution in [2.45, 2.75) is 31.6 Å². The average molecular weight is 316 g/mol. The van der Waals surface area contributed by atoms with Crippen molar-refractivity contribution in [3.63, 3.8) is 0 Å². The minimum absolute atomic E-state index is 0.0662. The van der Waals surface area contributed by atoms with Crippen molar-refractivity contribution in [3.8, 4) is 0 Å². The monoisotopic (exact) mass is 316 g/mol. The molecule has 0 spiro atoms. The van der Waals surface area contributed by atoms with Gasteiger partial charge in [0.15, 0.2) is 0 Å². The zero-order valence-corrected chi connectivity index (χ0v) is 12.9. The minimum Gasteiger partial charge on any atom is -0.396 e. The highest BCUT2D eigenvalue weighted by atomic mass is 32.2. The Morgan fingerprint density at radius 1 is 1.43 bits per heavy atom. The molecule has 21 heavy (non-hydrogen) atoms. The summed E-state index contributed by atoms with van der Waals surface area (Å²) in [5, 5.41) is 19.6. The summed E-state index contributed by atoms with van der Waals surface area (Å²) in [5.74, 6) is 0.119. The number of aliphatic hydroxyl groups excluding tert-OH is 1. The number of hydrogen-bond acceptors (Lipinski definition) is 5. The third-order valence-electron chi connectivity index (χ3n) is 3.15. The standard InChI is InChI=1S/C13H20N2O5S/c1-10(9-16)4-3-7-14-21(19,20)13-8-12(15(17)18)6-5-11(13)2/h5-6,8,10,14,16H,3-4,7,9H2,1-2H3. The molecule has 0 aromatic heterocycles. The first kappa shape index (κ1) is 17.5. The summed E-state index contributed by atoms with van der Waals surface area (Å²) in [6, 6.07) is 3.76. The number of nitrogens with one attached hydrogen (secondary N) is 1. The van der Waals surface area contributed by atoms with Crippen molar-refractivity contribution in [1.29, 1.82) is 0 Å². The molecule has 0 heterocycles. The van der Waals surface area contributed by atoms with Crippen LogP contribution in [-0.2, 0) is 10.0 Å². The van der Waals surface area contributed by atoms with Crippen LogP contribution in [-0.4, -0.2) is 31.6 Å². The number of aryl methyl sites for hydroxylation is 1. The Morgan fingerprint density at radius 3 is 2.67 bits per heavy atom. The number of non-ortho nitro benzene ring substituents is 1. The van der Waals surface area contributed by atoms with Crippen LogP contribution >= 0.6 is 0 Å². The second kappa shape index (κ2) is 7.48. The fraction of sp³-hybridized carbons (Fsp3) is 0.538. The molecule has 0 saturated carbocycles. The highest BCUT2D eigenvalue weighted by Gasteiger charge is 2.20. The Kier molecular flexibility index (Phi) is 6.25. The summed E-state index contributed by atoms with van der Waals surface area (Å²) in [6.45, 7) is 3.76. The van der Waals surface area contributed by atoms with E-state index in [0.29, 0.717) is 18.4 Å². The molecule has 0 fully saturated rings. The molecule has 2 N–H and O–H groups in total. The van der Waals surface area contributed by atoms with Gasteiger partial charge in [-0.3, -0.25) is 10.1 Å². The molecule has 118 valence electrons. The summed E-state index contributed by atoms with van der Waals surface area (Å²) in [4.78, 5) is 10.0. The maximum Gasteiger partial charge on any atom is 0.270 e. The van der Waals surface area contributed by atoms with Crippen LogP contribution in [0.4, 0.5) is 5.69 Å². The van der Waals surface area contributed by atoms with E-state index in [4.69, 9.17) is 5.11 Å². The molecule has 1 rings (SSSR count). The maximum atomic E-state index is 12.2. The maximum absolute atomic E-state index is 12.2. The molecule has 8 heteroatoms. The van der Waals surface area contributed by atoms with Gasteiger partial charge in [-0.25, -0.2) is 13.1 Å². The normalized spacial score (nSPS) is 13.1. The summed E-state index contributed by atoms with van der Waals surface area (Å²) < 4.78 is 26.7. The lowest BCUT2D eigenvalue weighted by Gasteiger charge is -2.10. The van der Waals surface area contributed by atoms with Crippen LogP contribution in [0.25, 0.3) is 0 Å². The predicted molar refractivity (Wildman–Crippen MR) is 78.5 cm³/mol. The van der Waals surface area contributed by atoms with Gasteiger partial charge in [0.05, 0.1) is 9.82 Å². The Morgan fingerprint density at radius 2 is 2.10 bits per heavy atom. The van der Waals surface area contributed by atoms with Crippen LogP contribution in [0.1, 0.15) is 25.3 Å². The SMILES string of the molecule is Cc1ccc([N+](=O)[O-])cc1S(=O)(=O)NCCCC(C)CO. The largest absolute Gasteiger partial charge is 0.396 e. The third kappa shape index (κ3) is 5.07. The topological polar surface area (TPSA) is 110 Å². The summed E-state index contributed by atoms with van der Waals surface area (Å²) >= 11 is 0. The Bertz CT molecular complexity index is 601. The van der Waals surface area contributed by atoms with Crippen molar-refractivity contribution in [2.24, 2.45) is 5.92 Å². The van der Waals surface area contributed by atoms with E-state index >= 15 is 0 Å². The lowest BCUT2D eigenvalue weighted by Crippen LogP contribution is -2.26. The van der Waals surface area contributed by atoms with E-state index in [1.807, 2.05) is 6.92 Å². The molecule has 0 bridgehead atoms. The van der Waals surface area contributed by atoms with E-state index in [-0.39, 0.29) is 29.7 Å². The zero-order valence-electron chi connectivity index (χ0n) is 12.1. The quantitative estimate of drug-likeness (QED) is 0.430. The molecule has 1 aromatic carbocycles. The number of nitrogens with zero attached hydrogens (tertiary/aromatic N) is 1. The van der Waals surface area contributed by atoms with E-state index in [1.165, 1.54) is 12.1 Å². The third-order valence-corrected chi connectivity index (χ3v) is 4.75. The molecule has 0 amide bonds. The highest BCUT2D eigenvalue weighted by molar-refractivity contribution is 7.89. The molecule has 1 unspecified atom stereocenters. The first-order valence-electron chi connectivity index (χ1n) is 6.63. The van der Waals surface area contributed by atoms with Crippen molar-refractivity contribution in [1.82, 2.24) is 4.72 Å². The van der Waals surface area contributed by atoms with Crippen LogP contribution in [0.3, 0.4) is 0 Å². The van der Waals surface area contributed by atoms with Gasteiger partial charge in [0.25, 0.3) is 5.69 Å². The molecular formula is C13H20N2O5S. The van der Waals surface area contributed by atoms with Gasteiger partial charge in [0, 0.05) is 25.3 Å². The van der Waals surface area contributed by atoms with E-state index in [1.54, 1.807) is 6.92 Å². The smallest absolute Gasteiger partial charge is 0.270 e. The van der Waals surface area contributed by atoms with E-state index < -0.39 is 14.9 Å². The summed E-state index contributed by atoms with van der Waals surface area (Å²) in [7, 11) is -3.77. The van der Waals surface area contributed by atoms with Crippen LogP contribution < -0.4 is 4.72 Å². The molecule has 0 saturated heterocycles. The molecule has 1 aromatic rings. The molecule has 0 radical (unpaired) electrons. The molecule has 0 aliphatic heterocycles. The Balaban J connectivity index is 2.78. The van der Waals surface area contributed by atoms with Crippen LogP contribution in [0.5, 0.6) is 0 Å². The number of sulfonamides is 1. The zero-order chi connectivity index (χ0) is 16.0. The van der Waals surface area contributed by atoms with E-state index in [0.717, 1.165) is 6.07 Å². The number of rotatable bonds is 8. The number of nitro groups is 1. The van der Waals surface area contributed by atoms with Crippen LogP contribution in [0.2, 0.25) is 0 Å². The van der Waals surface area contributed by atoms with Gasteiger partial charge in [-0.05, 0) is 31.2 Å². The van der Waals surface area contributed by atoms with Crippen molar-refractivity contribution < 1.29 is 18.4 Å². The van der Waals surface area contributed by atoms with Crippen molar-refractivity contribution in [3.05, 3.63) is 33.9 Å². The second-order valence-electron chi connectivity index (χ2n) is 5.03. The van der Waals surface area contributed by atoms with Gasteiger partial charge < -0.3 is 5.11 Å². The molecule has 0 aliphatic rings. The minimum atomic E-state index is -3.77. The predicted octanol–water partition coefficient (Wildman–Crippen LogP) is 1.59. The fourth-order valence-corrected chi connectivity index (χ4v) is 3.15. The van der Waals surface area contributed by atoms with Crippen LogP contribution in [0, 0.1) is 23.0 Å². The summed E-state index contributed by atoms with van der Waals surface area (Å²) in [6.07, 6.45) is 1.29. The van der Waals surface area contributed by atoms with Gasteiger partial charge in [0.2, 0.25) is 10.0 Å². The van der Waals surface area contributed by atoms with Gasteiger partial charge >= 0.3 is 0 Å². The van der Waals surface area contributed by atoms with Gasteiger partial charge in [-0.15, -0.1) is 0 Å². The Labute approximate surface area is 124 Å². The van der Waals surface area contributed by atoms with Crippen molar-refractivity contribution >= 4 is 15.7 Å². The first-order valence-corrected chi connectivity index (χ1v) is 8.12. The highest BCUT2D eigenvalue weighted by Crippen LogP contribution is 2.21. The number of benzene rings is 1. The lowest BCUT2D eigenvalue weighted by molar-refractivity contribution is -0.385. The fourth-order valence-electron chi connectivity index (χ4n) is 1.82. The second-order valence-corrected chi connectivity index (χ2v) is 6.77. The first-order chi connectivity index (χ1) is 9.77. The van der Waals surface area contributed by atoms with Gasteiger partial charge in [-0.2, -0.15) is 0 Å². The van der Waals surface area contributed by atoms with Gasteiger partial charge in [-0.1, -0.05) is 13.0 Å². The van der Waals surface area contributed by atoms with Crippen molar-refractivity contribution in [2.75, 3.05) is 13.2 Å². The number of nitro benzene ring substituents is 1.